The summed E-state index contributed by atoms with van der Waals surface area (Å²) < 4.78 is 4.01. The second-order valence-corrected chi connectivity index (χ2v) is 22.4. The molecule has 279 valence electrons. The maximum absolute atomic E-state index is 4.01. The minimum absolute atomic E-state index is 0.0464. The summed E-state index contributed by atoms with van der Waals surface area (Å²) in [7, 11) is -2.41. The molecule has 0 spiro atoms. The standard InChI is InChI=1S/C52H47PS2.Os/c1-8-20-40-30-46-49(54-40)42-31-45-43(32-44(42)51(46,4)5)50-47(52(45,6)7)33-48(55-50)41(29-36-22-19-21-35(36)9-2)34(3)53(37-23-13-10-14-24-37,38-25-15-11-16-26-38)39-27-17-12-18-28-39;/h8-18,20,23-33H,19,21-22H2,1-2,4-7H3;/q+1;/b20-8+,35-9?,36-29?,41-34?;. The quantitative estimate of drug-likeness (QED) is 0.140. The van der Waals surface area contributed by atoms with Crippen molar-refractivity contribution in [2.75, 3.05) is 0 Å². The van der Waals surface area contributed by atoms with Crippen molar-refractivity contribution in [2.45, 2.75) is 71.6 Å². The number of hydrogen-bond acceptors (Lipinski definition) is 2. The van der Waals surface area contributed by atoms with Crippen LogP contribution in [0.25, 0.3) is 32.5 Å². The van der Waals surface area contributed by atoms with Crippen LogP contribution in [-0.4, -0.2) is 0 Å². The van der Waals surface area contributed by atoms with Crippen LogP contribution in [0.15, 0.2) is 150 Å². The fourth-order valence-corrected chi connectivity index (χ4v) is 18.2. The molecule has 0 atom stereocenters. The molecule has 0 saturated heterocycles. The van der Waals surface area contributed by atoms with Gasteiger partial charge in [0.05, 0.1) is 0 Å². The summed E-state index contributed by atoms with van der Waals surface area (Å²) in [6.45, 7) is 14.1. The van der Waals surface area contributed by atoms with Crippen LogP contribution in [-0.2, 0) is 28.8 Å². The Hall–Kier alpha value is -3.91. The second-order valence-electron chi connectivity index (χ2n) is 16.3. The molecule has 0 N–H and O–H groups in total. The predicted octanol–water partition coefficient (Wildman–Crippen LogP) is 13.7. The molecule has 1 saturated carbocycles. The van der Waals surface area contributed by atoms with Crippen LogP contribution in [0.5, 0.6) is 0 Å². The zero-order chi connectivity index (χ0) is 38.8. The third kappa shape index (κ3) is 5.73. The number of rotatable bonds is 7. The molecule has 1 fully saturated rings. The van der Waals surface area contributed by atoms with Crippen molar-refractivity contribution in [1.82, 2.24) is 0 Å². The van der Waals surface area contributed by atoms with E-state index in [1.165, 1.54) is 97.3 Å². The van der Waals surface area contributed by atoms with E-state index in [2.05, 4.69) is 185 Å². The first-order chi connectivity index (χ1) is 27.1. The van der Waals surface area contributed by atoms with E-state index in [0.29, 0.717) is 0 Å². The van der Waals surface area contributed by atoms with Crippen LogP contribution in [0.1, 0.15) is 92.8 Å². The number of hydrogen-bond donors (Lipinski definition) is 0. The maximum atomic E-state index is 4.01. The van der Waals surface area contributed by atoms with Crippen molar-refractivity contribution in [2.24, 2.45) is 0 Å². The van der Waals surface area contributed by atoms with Crippen LogP contribution < -0.4 is 15.9 Å². The molecule has 2 heterocycles. The van der Waals surface area contributed by atoms with E-state index in [1.807, 2.05) is 40.6 Å². The molecule has 56 heavy (non-hydrogen) atoms. The molecule has 0 amide bonds. The summed E-state index contributed by atoms with van der Waals surface area (Å²) in [4.78, 5) is 5.57. The van der Waals surface area contributed by atoms with Gasteiger partial charge in [0.25, 0.3) is 0 Å². The fourth-order valence-electron chi connectivity index (χ4n) is 9.60. The molecule has 9 rings (SSSR count). The first-order valence-corrected chi connectivity index (χ1v) is 24.5. The van der Waals surface area contributed by atoms with Gasteiger partial charge in [0.1, 0.15) is 0 Å². The zero-order valence-corrected chi connectivity index (χ0v) is 38.1. The Labute approximate surface area is 351 Å². The molecule has 0 aliphatic heterocycles. The second kappa shape index (κ2) is 14.5. The molecular weight excluding hydrogens is 910 g/mol. The number of thiophene rings is 2. The van der Waals surface area contributed by atoms with Crippen LogP contribution in [0.3, 0.4) is 0 Å². The van der Waals surface area contributed by atoms with Gasteiger partial charge < -0.3 is 0 Å². The summed E-state index contributed by atoms with van der Waals surface area (Å²) in [6, 6.07) is 44.1. The molecular formula is C52H47OsPS2+. The molecule has 6 aromatic rings. The number of fused-ring (bicyclic) bond motifs is 6. The SMILES string of the molecule is CC=C1CCCC1=CC(=C([C]#[Os])[P+](c1ccccc1)(c1ccccc1)c1ccccc1)c1cc2c(s1)-c1cc3c(cc1C2(C)C)-c1sc(/C=C/C)cc1C3(C)C. The third-order valence-corrected chi connectivity index (χ3v) is 20.2. The van der Waals surface area contributed by atoms with Gasteiger partial charge in [-0.1, -0.05) is 6.08 Å². The van der Waals surface area contributed by atoms with E-state index in [-0.39, 0.29) is 10.8 Å². The van der Waals surface area contributed by atoms with Crippen LogP contribution in [0.2, 0.25) is 0 Å². The van der Waals surface area contributed by atoms with E-state index in [4.69, 9.17) is 0 Å². The van der Waals surface area contributed by atoms with Crippen LogP contribution in [0.4, 0.5) is 0 Å². The first kappa shape index (κ1) is 37.7. The molecule has 3 aliphatic carbocycles. The van der Waals surface area contributed by atoms with Crippen LogP contribution in [0, 0.1) is 4.37 Å². The van der Waals surface area contributed by atoms with E-state index in [1.54, 1.807) is 0 Å². The molecule has 0 nitrogen and oxygen atoms in total. The van der Waals surface area contributed by atoms with Crippen molar-refractivity contribution < 1.29 is 17.9 Å². The van der Waals surface area contributed by atoms with Crippen LogP contribution >= 0.6 is 29.9 Å². The van der Waals surface area contributed by atoms with Gasteiger partial charge in [-0.2, -0.15) is 0 Å². The summed E-state index contributed by atoms with van der Waals surface area (Å²) in [5.74, 6) is 0. The summed E-state index contributed by atoms with van der Waals surface area (Å²) in [5, 5.41) is 5.40. The van der Waals surface area contributed by atoms with E-state index in [9.17, 15) is 0 Å². The molecule has 4 aromatic carbocycles. The molecule has 3 aliphatic rings. The van der Waals surface area contributed by atoms with Gasteiger partial charge in [-0.3, -0.25) is 0 Å². The normalized spacial score (nSPS) is 18.2. The minimum atomic E-state index is -2.41. The zero-order valence-electron chi connectivity index (χ0n) is 33.0. The summed E-state index contributed by atoms with van der Waals surface area (Å²) >= 11 is 5.84. The van der Waals surface area contributed by atoms with E-state index >= 15 is 0 Å². The average Bonchev–Trinajstić information content (AvgIpc) is 4.04. The van der Waals surface area contributed by atoms with Crippen molar-refractivity contribution in [3.8, 4) is 25.3 Å². The Morgan fingerprint density at radius 3 is 1.64 bits per heavy atom. The van der Waals surface area contributed by atoms with E-state index < -0.39 is 7.26 Å². The third-order valence-electron chi connectivity index (χ3n) is 12.5. The first-order valence-electron chi connectivity index (χ1n) is 19.8. The number of benzene rings is 4. The van der Waals surface area contributed by atoms with Gasteiger partial charge in [-0.25, -0.2) is 0 Å². The van der Waals surface area contributed by atoms with Gasteiger partial charge in [-0.15, -0.1) is 0 Å². The topological polar surface area (TPSA) is 0 Å². The molecule has 2 aromatic heterocycles. The Morgan fingerprint density at radius 1 is 0.643 bits per heavy atom. The Morgan fingerprint density at radius 2 is 1.14 bits per heavy atom. The van der Waals surface area contributed by atoms with Gasteiger partial charge in [0, 0.05) is 4.88 Å². The van der Waals surface area contributed by atoms with E-state index in [0.717, 1.165) is 12.8 Å². The Balaban J connectivity index is 1.33. The summed E-state index contributed by atoms with van der Waals surface area (Å²) in [5.41, 5.74) is 12.8. The molecule has 4 heteroatoms. The number of allylic oxidation sites excluding steroid dienone is 7. The van der Waals surface area contributed by atoms with Gasteiger partial charge in [-0.05, 0) is 13.0 Å². The predicted molar refractivity (Wildman–Crippen MR) is 244 cm³/mol. The van der Waals surface area contributed by atoms with Gasteiger partial charge in [0.15, 0.2) is 0 Å². The Bertz CT molecular complexity index is 2580. The van der Waals surface area contributed by atoms with Crippen molar-refractivity contribution in [3.05, 3.63) is 182 Å². The van der Waals surface area contributed by atoms with Crippen molar-refractivity contribution in [1.29, 1.82) is 0 Å². The van der Waals surface area contributed by atoms with Gasteiger partial charge >= 0.3 is 330 Å². The monoisotopic (exact) mass is 958 g/mol. The molecule has 0 radical (unpaired) electrons. The average molecular weight is 957 g/mol. The van der Waals surface area contributed by atoms with Gasteiger partial charge in [0.2, 0.25) is 0 Å². The molecule has 0 unspecified atom stereocenters. The molecule has 0 bridgehead atoms. The fraction of sp³-hybridized carbons (Fsp3) is 0.212. The summed E-state index contributed by atoms with van der Waals surface area (Å²) in [6.07, 6.45) is 12.8. The van der Waals surface area contributed by atoms with Crippen molar-refractivity contribution in [3.63, 3.8) is 0 Å². The Kier molecular flexibility index (Phi) is 9.73. The van der Waals surface area contributed by atoms with Crippen molar-refractivity contribution >= 4 is 57.5 Å².